The third kappa shape index (κ3) is 2.53. The first-order valence-corrected chi connectivity index (χ1v) is 7.22. The highest BCUT2D eigenvalue weighted by atomic mass is 15.3. The Hall–Kier alpha value is -1.91. The molecule has 5 nitrogen and oxygen atoms in total. The summed E-state index contributed by atoms with van der Waals surface area (Å²) >= 11 is 0. The molecule has 1 aliphatic rings. The van der Waals surface area contributed by atoms with Crippen LogP contribution in [-0.2, 0) is 7.05 Å². The molecule has 0 bridgehead atoms. The van der Waals surface area contributed by atoms with Crippen molar-refractivity contribution in [3.63, 3.8) is 0 Å². The fourth-order valence-electron chi connectivity index (χ4n) is 2.71. The molecule has 3 heterocycles. The van der Waals surface area contributed by atoms with Crippen LogP contribution < -0.4 is 4.90 Å². The molecule has 0 spiro atoms. The van der Waals surface area contributed by atoms with E-state index in [2.05, 4.69) is 21.9 Å². The fraction of sp³-hybridized carbons (Fsp3) is 0.533. The maximum absolute atomic E-state index is 4.73. The Balaban J connectivity index is 1.88. The molecule has 0 unspecified atom stereocenters. The predicted octanol–water partition coefficient (Wildman–Crippen LogP) is 2.42. The van der Waals surface area contributed by atoms with E-state index in [0.29, 0.717) is 0 Å². The van der Waals surface area contributed by atoms with E-state index in [0.717, 1.165) is 41.9 Å². The van der Waals surface area contributed by atoms with Gasteiger partial charge >= 0.3 is 0 Å². The second-order valence-electron chi connectivity index (χ2n) is 5.71. The van der Waals surface area contributed by atoms with Gasteiger partial charge in [-0.05, 0) is 31.7 Å². The number of hydrogen-bond acceptors (Lipinski definition) is 4. The lowest BCUT2D eigenvalue weighted by molar-refractivity contribution is 0.434. The Morgan fingerprint density at radius 3 is 2.65 bits per heavy atom. The summed E-state index contributed by atoms with van der Waals surface area (Å²) in [4.78, 5) is 11.5. The topological polar surface area (TPSA) is 46.8 Å². The largest absolute Gasteiger partial charge is 0.341 e. The summed E-state index contributed by atoms with van der Waals surface area (Å²) in [6.07, 6.45) is 6.31. The molecular weight excluding hydrogens is 250 g/mol. The molecular formula is C15H21N5. The van der Waals surface area contributed by atoms with Crippen LogP contribution in [0.5, 0.6) is 0 Å². The molecule has 0 saturated carbocycles. The van der Waals surface area contributed by atoms with E-state index in [4.69, 9.17) is 4.98 Å². The van der Waals surface area contributed by atoms with Crippen LogP contribution in [0.1, 0.15) is 25.5 Å². The lowest BCUT2D eigenvalue weighted by Gasteiger charge is -2.30. The Labute approximate surface area is 119 Å². The van der Waals surface area contributed by atoms with Crippen molar-refractivity contribution in [2.24, 2.45) is 13.0 Å². The van der Waals surface area contributed by atoms with Crippen molar-refractivity contribution in [3.8, 4) is 11.3 Å². The fourth-order valence-corrected chi connectivity index (χ4v) is 2.71. The van der Waals surface area contributed by atoms with Crippen molar-refractivity contribution in [1.29, 1.82) is 0 Å². The predicted molar refractivity (Wildman–Crippen MR) is 79.6 cm³/mol. The molecule has 0 aliphatic carbocycles. The van der Waals surface area contributed by atoms with E-state index in [1.807, 2.05) is 37.1 Å². The lowest BCUT2D eigenvalue weighted by atomic mass is 10.00. The Morgan fingerprint density at radius 1 is 1.25 bits per heavy atom. The van der Waals surface area contributed by atoms with Crippen LogP contribution in [0.4, 0.5) is 5.95 Å². The van der Waals surface area contributed by atoms with Gasteiger partial charge < -0.3 is 4.90 Å². The highest BCUT2D eigenvalue weighted by Crippen LogP contribution is 2.24. The first-order chi connectivity index (χ1) is 9.63. The second kappa shape index (κ2) is 5.23. The zero-order chi connectivity index (χ0) is 14.1. The normalized spacial score (nSPS) is 16.6. The van der Waals surface area contributed by atoms with Gasteiger partial charge in [-0.2, -0.15) is 5.10 Å². The minimum Gasteiger partial charge on any atom is -0.341 e. The minimum absolute atomic E-state index is 0.815. The second-order valence-corrected chi connectivity index (χ2v) is 5.71. The van der Waals surface area contributed by atoms with Gasteiger partial charge in [-0.3, -0.25) is 4.68 Å². The third-order valence-corrected chi connectivity index (χ3v) is 4.00. The van der Waals surface area contributed by atoms with Crippen LogP contribution in [0.3, 0.4) is 0 Å². The highest BCUT2D eigenvalue weighted by Gasteiger charge is 2.18. The number of aryl methyl sites for hydroxylation is 2. The molecule has 0 atom stereocenters. The van der Waals surface area contributed by atoms with Gasteiger partial charge in [-0.1, -0.05) is 6.92 Å². The van der Waals surface area contributed by atoms with Crippen LogP contribution in [0.2, 0.25) is 0 Å². The zero-order valence-electron chi connectivity index (χ0n) is 12.4. The van der Waals surface area contributed by atoms with Crippen molar-refractivity contribution in [2.45, 2.75) is 26.7 Å². The summed E-state index contributed by atoms with van der Waals surface area (Å²) < 4.78 is 1.83. The smallest absolute Gasteiger partial charge is 0.225 e. The molecule has 20 heavy (non-hydrogen) atoms. The Morgan fingerprint density at radius 2 is 2.00 bits per heavy atom. The van der Waals surface area contributed by atoms with E-state index >= 15 is 0 Å². The van der Waals surface area contributed by atoms with Gasteiger partial charge in [0.2, 0.25) is 5.95 Å². The molecule has 1 aliphatic heterocycles. The Bertz CT molecular complexity index is 596. The van der Waals surface area contributed by atoms with Crippen molar-refractivity contribution in [1.82, 2.24) is 19.7 Å². The molecule has 0 amide bonds. The highest BCUT2D eigenvalue weighted by molar-refractivity contribution is 5.61. The van der Waals surface area contributed by atoms with E-state index in [1.54, 1.807) is 0 Å². The van der Waals surface area contributed by atoms with E-state index in [9.17, 15) is 0 Å². The van der Waals surface area contributed by atoms with Crippen LogP contribution in [0.15, 0.2) is 18.5 Å². The summed E-state index contributed by atoms with van der Waals surface area (Å²) in [5, 5.41) is 4.38. The molecule has 1 saturated heterocycles. The third-order valence-electron chi connectivity index (χ3n) is 4.00. The quantitative estimate of drug-likeness (QED) is 0.841. The van der Waals surface area contributed by atoms with Crippen LogP contribution in [-0.4, -0.2) is 32.8 Å². The first-order valence-electron chi connectivity index (χ1n) is 7.22. The summed E-state index contributed by atoms with van der Waals surface area (Å²) in [7, 11) is 1.94. The van der Waals surface area contributed by atoms with Crippen LogP contribution in [0, 0.1) is 12.8 Å². The number of aromatic nitrogens is 4. The molecule has 1 fully saturated rings. The molecule has 0 N–H and O–H groups in total. The SMILES string of the molecule is Cc1nn(C)cc1-c1ccnc(N2CCC(C)CC2)n1. The Kier molecular flexibility index (Phi) is 3.42. The number of hydrogen-bond donors (Lipinski definition) is 0. The van der Waals surface area contributed by atoms with Crippen molar-refractivity contribution in [3.05, 3.63) is 24.2 Å². The number of piperidine rings is 1. The van der Waals surface area contributed by atoms with Gasteiger partial charge in [0.25, 0.3) is 0 Å². The molecule has 3 rings (SSSR count). The minimum atomic E-state index is 0.815. The van der Waals surface area contributed by atoms with Crippen LogP contribution >= 0.6 is 0 Å². The number of nitrogens with zero attached hydrogens (tertiary/aromatic N) is 5. The summed E-state index contributed by atoms with van der Waals surface area (Å²) in [5.41, 5.74) is 3.05. The maximum atomic E-state index is 4.73. The van der Waals surface area contributed by atoms with E-state index in [1.165, 1.54) is 12.8 Å². The first kappa shape index (κ1) is 13.1. The number of anilines is 1. The zero-order valence-corrected chi connectivity index (χ0v) is 12.4. The monoisotopic (exact) mass is 271 g/mol. The molecule has 106 valence electrons. The van der Waals surface area contributed by atoms with Gasteiger partial charge in [0.15, 0.2) is 0 Å². The average molecular weight is 271 g/mol. The van der Waals surface area contributed by atoms with Gasteiger partial charge in [0.1, 0.15) is 0 Å². The van der Waals surface area contributed by atoms with Crippen molar-refractivity contribution >= 4 is 5.95 Å². The molecule has 0 radical (unpaired) electrons. The van der Waals surface area contributed by atoms with Crippen LogP contribution in [0.25, 0.3) is 11.3 Å². The summed E-state index contributed by atoms with van der Waals surface area (Å²) in [6.45, 7) is 6.43. The average Bonchev–Trinajstić information content (AvgIpc) is 2.79. The molecule has 2 aromatic heterocycles. The standard InChI is InChI=1S/C15H21N5/c1-11-5-8-20(9-6-11)15-16-7-4-14(17-15)13-10-19(3)18-12(13)2/h4,7,10-11H,5-6,8-9H2,1-3H3. The van der Waals surface area contributed by atoms with Crippen molar-refractivity contribution < 1.29 is 0 Å². The molecule has 2 aromatic rings. The van der Waals surface area contributed by atoms with Gasteiger partial charge in [-0.15, -0.1) is 0 Å². The maximum Gasteiger partial charge on any atom is 0.225 e. The van der Waals surface area contributed by atoms with Gasteiger partial charge in [0.05, 0.1) is 11.4 Å². The van der Waals surface area contributed by atoms with Crippen molar-refractivity contribution in [2.75, 3.05) is 18.0 Å². The number of rotatable bonds is 2. The summed E-state index contributed by atoms with van der Waals surface area (Å²) in [5.74, 6) is 1.66. The van der Waals surface area contributed by atoms with E-state index in [-0.39, 0.29) is 0 Å². The molecule has 5 heteroatoms. The summed E-state index contributed by atoms with van der Waals surface area (Å²) in [6, 6.07) is 1.96. The molecule has 0 aromatic carbocycles. The van der Waals surface area contributed by atoms with Gasteiger partial charge in [-0.25, -0.2) is 9.97 Å². The van der Waals surface area contributed by atoms with E-state index < -0.39 is 0 Å². The lowest BCUT2D eigenvalue weighted by Crippen LogP contribution is -2.34. The van der Waals surface area contributed by atoms with Gasteiger partial charge in [0, 0.05) is 38.1 Å².